The van der Waals surface area contributed by atoms with E-state index in [1.807, 2.05) is 4.90 Å². The minimum absolute atomic E-state index is 0. The molecule has 1 fully saturated rings. The molecule has 0 aromatic rings. The number of nitrogens with one attached hydrogen (secondary N) is 1. The first kappa shape index (κ1) is 27.2. The minimum atomic E-state index is -0.353. The van der Waals surface area contributed by atoms with Gasteiger partial charge in [-0.15, -0.1) is 12.4 Å². The highest BCUT2D eigenvalue weighted by atomic mass is 35.5. The van der Waals surface area contributed by atoms with Crippen molar-refractivity contribution >= 4 is 24.2 Å². The minimum Gasteiger partial charge on any atom is -0.369 e. The largest absolute Gasteiger partial charge is 0.369 e. The number of nitrogens with two attached hydrogens (primary N) is 1. The van der Waals surface area contributed by atoms with E-state index in [4.69, 9.17) is 5.73 Å². The molecule has 1 heterocycles. The molecule has 0 saturated carbocycles. The van der Waals surface area contributed by atoms with Crippen molar-refractivity contribution in [2.75, 3.05) is 26.2 Å². The molecule has 3 N–H and O–H groups in total. The van der Waals surface area contributed by atoms with Gasteiger partial charge in [0.25, 0.3) is 0 Å². The second kappa shape index (κ2) is 17.1. The predicted octanol–water partition coefficient (Wildman–Crippen LogP) is 4.28. The number of hydrogen-bond acceptors (Lipinski definition) is 3. The van der Waals surface area contributed by atoms with Gasteiger partial charge in [0.15, 0.2) is 0 Å². The van der Waals surface area contributed by atoms with E-state index in [0.717, 1.165) is 25.9 Å². The fourth-order valence-corrected chi connectivity index (χ4v) is 3.97. The fourth-order valence-electron chi connectivity index (χ4n) is 3.97. The van der Waals surface area contributed by atoms with Crippen LogP contribution in [0, 0.1) is 11.8 Å². The third-order valence-electron chi connectivity index (χ3n) is 5.77. The predicted molar refractivity (Wildman–Crippen MR) is 120 cm³/mol. The molecule has 2 amide bonds. The van der Waals surface area contributed by atoms with Crippen LogP contribution in [-0.2, 0) is 9.59 Å². The Kier molecular flexibility index (Phi) is 16.6. The first-order valence-corrected chi connectivity index (χ1v) is 11.4. The van der Waals surface area contributed by atoms with E-state index in [1.165, 1.54) is 64.2 Å². The van der Waals surface area contributed by atoms with Crippen molar-refractivity contribution in [3.63, 3.8) is 0 Å². The molecule has 0 aromatic carbocycles. The van der Waals surface area contributed by atoms with E-state index in [1.54, 1.807) is 0 Å². The summed E-state index contributed by atoms with van der Waals surface area (Å²) >= 11 is 0. The van der Waals surface area contributed by atoms with Crippen LogP contribution in [0.1, 0.15) is 90.9 Å². The summed E-state index contributed by atoms with van der Waals surface area (Å²) in [5, 5.41) is 3.17. The van der Waals surface area contributed by atoms with Crippen LogP contribution in [0.25, 0.3) is 0 Å². The van der Waals surface area contributed by atoms with Gasteiger partial charge < -0.3 is 16.0 Å². The second-order valence-corrected chi connectivity index (χ2v) is 8.13. The van der Waals surface area contributed by atoms with Crippen molar-refractivity contribution in [1.29, 1.82) is 0 Å². The van der Waals surface area contributed by atoms with E-state index in [-0.39, 0.29) is 36.1 Å². The van der Waals surface area contributed by atoms with Crippen LogP contribution in [0.3, 0.4) is 0 Å². The highest BCUT2D eigenvalue weighted by Crippen LogP contribution is 2.20. The number of carbonyl (C=O) groups is 2. The molecule has 1 rings (SSSR count). The summed E-state index contributed by atoms with van der Waals surface area (Å²) in [5.74, 6) is -0.847. The topological polar surface area (TPSA) is 75.4 Å². The summed E-state index contributed by atoms with van der Waals surface area (Å²) in [4.78, 5) is 26.8. The highest BCUT2D eigenvalue weighted by molar-refractivity contribution is 5.88. The molecule has 0 radical (unpaired) electrons. The quantitative estimate of drug-likeness (QED) is 0.368. The van der Waals surface area contributed by atoms with Gasteiger partial charge >= 0.3 is 0 Å². The molecule has 28 heavy (non-hydrogen) atoms. The molecule has 5 nitrogen and oxygen atoms in total. The van der Waals surface area contributed by atoms with Gasteiger partial charge in [0.05, 0.1) is 11.8 Å². The van der Waals surface area contributed by atoms with Crippen molar-refractivity contribution in [3.05, 3.63) is 0 Å². The standard InChI is InChI=1S/C22H43N3O2.ClH/c1-3-5-7-9-11-13-15-25(16-14-12-10-8-6-4-2)22(27)20-18-24-17-19(20)21(23)26;/h19-20,24H,3-18H2,1-2H3,(H2,23,26);1H. The molecule has 2 atom stereocenters. The normalized spacial score (nSPS) is 18.6. The zero-order valence-electron chi connectivity index (χ0n) is 18.2. The maximum atomic E-state index is 13.1. The van der Waals surface area contributed by atoms with Gasteiger partial charge in [-0.1, -0.05) is 78.1 Å². The van der Waals surface area contributed by atoms with Crippen LogP contribution in [0.5, 0.6) is 0 Å². The monoisotopic (exact) mass is 417 g/mol. The van der Waals surface area contributed by atoms with Crippen LogP contribution in [-0.4, -0.2) is 42.9 Å². The Hall–Kier alpha value is -0.810. The first-order valence-electron chi connectivity index (χ1n) is 11.4. The SMILES string of the molecule is CCCCCCCCN(CCCCCCCC)C(=O)C1CNCC1C(N)=O.Cl. The molecule has 1 saturated heterocycles. The molecule has 0 bridgehead atoms. The first-order chi connectivity index (χ1) is 13.1. The van der Waals surface area contributed by atoms with Gasteiger partial charge in [-0.2, -0.15) is 0 Å². The molecule has 1 aliphatic heterocycles. The van der Waals surface area contributed by atoms with Crippen LogP contribution >= 0.6 is 12.4 Å². The summed E-state index contributed by atoms with van der Waals surface area (Å²) in [5.41, 5.74) is 5.51. The van der Waals surface area contributed by atoms with E-state index in [0.29, 0.717) is 13.1 Å². The Labute approximate surface area is 179 Å². The number of carbonyl (C=O) groups excluding carboxylic acids is 2. The molecule has 0 aliphatic carbocycles. The lowest BCUT2D eigenvalue weighted by atomic mass is 9.93. The fraction of sp³-hybridized carbons (Fsp3) is 0.909. The van der Waals surface area contributed by atoms with Crippen molar-refractivity contribution in [1.82, 2.24) is 10.2 Å². The highest BCUT2D eigenvalue weighted by Gasteiger charge is 2.38. The Bertz CT molecular complexity index is 405. The number of rotatable bonds is 16. The van der Waals surface area contributed by atoms with Crippen molar-refractivity contribution in [2.24, 2.45) is 17.6 Å². The zero-order valence-corrected chi connectivity index (χ0v) is 19.0. The number of unbranched alkanes of at least 4 members (excludes halogenated alkanes) is 10. The molecule has 0 aromatic heterocycles. The number of primary amides is 1. The Morgan fingerprint density at radius 3 is 1.68 bits per heavy atom. The third-order valence-corrected chi connectivity index (χ3v) is 5.77. The molecule has 0 spiro atoms. The van der Waals surface area contributed by atoms with E-state index >= 15 is 0 Å². The maximum Gasteiger partial charge on any atom is 0.227 e. The number of halogens is 1. The Balaban J connectivity index is 0.00000729. The molecule has 166 valence electrons. The average molecular weight is 418 g/mol. The summed E-state index contributed by atoms with van der Waals surface area (Å²) < 4.78 is 0. The number of amides is 2. The van der Waals surface area contributed by atoms with Gasteiger partial charge in [0.1, 0.15) is 0 Å². The average Bonchev–Trinajstić information content (AvgIpc) is 3.15. The molecular formula is C22H44ClN3O2. The van der Waals surface area contributed by atoms with Crippen LogP contribution in [0.2, 0.25) is 0 Å². The summed E-state index contributed by atoms with van der Waals surface area (Å²) in [6.45, 7) is 7.21. The zero-order chi connectivity index (χ0) is 19.9. The third kappa shape index (κ3) is 10.7. The summed E-state index contributed by atoms with van der Waals surface area (Å²) in [6, 6.07) is 0. The maximum absolute atomic E-state index is 13.1. The lowest BCUT2D eigenvalue weighted by Gasteiger charge is -2.27. The Morgan fingerprint density at radius 1 is 0.786 bits per heavy atom. The van der Waals surface area contributed by atoms with E-state index < -0.39 is 0 Å². The van der Waals surface area contributed by atoms with Gasteiger partial charge in [0, 0.05) is 26.2 Å². The number of hydrogen-bond donors (Lipinski definition) is 2. The summed E-state index contributed by atoms with van der Waals surface area (Å²) in [6.07, 6.45) is 14.7. The Morgan fingerprint density at radius 2 is 1.21 bits per heavy atom. The molecular weight excluding hydrogens is 374 g/mol. The van der Waals surface area contributed by atoms with Crippen LogP contribution in [0.4, 0.5) is 0 Å². The van der Waals surface area contributed by atoms with Crippen LogP contribution in [0.15, 0.2) is 0 Å². The van der Waals surface area contributed by atoms with Gasteiger partial charge in [0.2, 0.25) is 11.8 Å². The van der Waals surface area contributed by atoms with Gasteiger partial charge in [-0.05, 0) is 12.8 Å². The smallest absolute Gasteiger partial charge is 0.227 e. The summed E-state index contributed by atoms with van der Waals surface area (Å²) in [7, 11) is 0. The van der Waals surface area contributed by atoms with Crippen LogP contribution < -0.4 is 11.1 Å². The molecule has 6 heteroatoms. The van der Waals surface area contributed by atoms with Gasteiger partial charge in [-0.25, -0.2) is 0 Å². The van der Waals surface area contributed by atoms with Crippen molar-refractivity contribution < 1.29 is 9.59 Å². The lowest BCUT2D eigenvalue weighted by molar-refractivity contribution is -0.139. The second-order valence-electron chi connectivity index (χ2n) is 8.13. The van der Waals surface area contributed by atoms with E-state index in [2.05, 4.69) is 19.2 Å². The van der Waals surface area contributed by atoms with E-state index in [9.17, 15) is 9.59 Å². The van der Waals surface area contributed by atoms with Crippen molar-refractivity contribution in [2.45, 2.75) is 90.9 Å². The molecule has 2 unspecified atom stereocenters. The molecule has 1 aliphatic rings. The van der Waals surface area contributed by atoms with Gasteiger partial charge in [-0.3, -0.25) is 9.59 Å². The number of nitrogens with zero attached hydrogens (tertiary/aromatic N) is 1. The van der Waals surface area contributed by atoms with Crippen molar-refractivity contribution in [3.8, 4) is 0 Å². The lowest BCUT2D eigenvalue weighted by Crippen LogP contribution is -2.43.